The summed E-state index contributed by atoms with van der Waals surface area (Å²) in [6.45, 7) is 0.0841. The van der Waals surface area contributed by atoms with E-state index in [2.05, 4.69) is 0 Å². The Morgan fingerprint density at radius 2 is 1.00 bits per heavy atom. The lowest BCUT2D eigenvalue weighted by Crippen LogP contribution is -2.07. The van der Waals surface area contributed by atoms with E-state index >= 15 is 0 Å². The van der Waals surface area contributed by atoms with Gasteiger partial charge in [0.15, 0.2) is 23.0 Å². The van der Waals surface area contributed by atoms with Crippen molar-refractivity contribution in [2.24, 2.45) is 0 Å². The van der Waals surface area contributed by atoms with Gasteiger partial charge in [-0.05, 0) is 24.3 Å². The average molecular weight is 260 g/mol. The molecule has 0 aromatic heterocycles. The van der Waals surface area contributed by atoms with Gasteiger partial charge in [0.1, 0.15) is 0 Å². The molecule has 0 fully saturated rings. The maximum atomic E-state index is 5.53. The fraction of sp³-hybridized carbons (Fsp3) is 0.200. The second-order valence-corrected chi connectivity index (χ2v) is 3.71. The van der Waals surface area contributed by atoms with Crippen LogP contribution < -0.4 is 18.9 Å². The molecule has 100 valence electrons. The third-order valence-electron chi connectivity index (χ3n) is 2.57. The monoisotopic (exact) mass is 260 g/mol. The highest BCUT2D eigenvalue weighted by Gasteiger charge is 2.05. The number of para-hydroxylation sites is 4. The maximum Gasteiger partial charge on any atom is 0.231 e. The Labute approximate surface area is 112 Å². The molecule has 0 amide bonds. The SMILES string of the molecule is COc1ccccc1OCOc1ccccc1OC. The lowest BCUT2D eigenvalue weighted by Gasteiger charge is -2.12. The Kier molecular flexibility index (Phi) is 4.50. The molecule has 4 nitrogen and oxygen atoms in total. The molecule has 2 aromatic rings. The number of methoxy groups -OCH3 is 2. The molecule has 0 N–H and O–H groups in total. The van der Waals surface area contributed by atoms with E-state index in [-0.39, 0.29) is 6.79 Å². The van der Waals surface area contributed by atoms with Gasteiger partial charge in [-0.3, -0.25) is 0 Å². The molecule has 0 atom stereocenters. The highest BCUT2D eigenvalue weighted by molar-refractivity contribution is 5.40. The fourth-order valence-electron chi connectivity index (χ4n) is 1.63. The third-order valence-corrected chi connectivity index (χ3v) is 2.57. The van der Waals surface area contributed by atoms with Crippen molar-refractivity contribution in [1.29, 1.82) is 0 Å². The van der Waals surface area contributed by atoms with Crippen molar-refractivity contribution in [3.05, 3.63) is 48.5 Å². The van der Waals surface area contributed by atoms with Crippen LogP contribution in [0.5, 0.6) is 23.0 Å². The molecule has 0 radical (unpaired) electrons. The molecule has 4 heteroatoms. The molecule has 0 aliphatic heterocycles. The first kappa shape index (κ1) is 13.1. The number of hydrogen-bond donors (Lipinski definition) is 0. The topological polar surface area (TPSA) is 36.9 Å². The Balaban J connectivity index is 1.96. The molecule has 19 heavy (non-hydrogen) atoms. The molecule has 2 aromatic carbocycles. The van der Waals surface area contributed by atoms with Crippen LogP contribution in [0.25, 0.3) is 0 Å². The number of rotatable bonds is 6. The lowest BCUT2D eigenvalue weighted by molar-refractivity contribution is 0.113. The summed E-state index contributed by atoms with van der Waals surface area (Å²) in [5.74, 6) is 2.62. The zero-order chi connectivity index (χ0) is 13.5. The molecule has 0 unspecified atom stereocenters. The summed E-state index contributed by atoms with van der Waals surface area (Å²) in [5, 5.41) is 0. The second-order valence-electron chi connectivity index (χ2n) is 3.71. The van der Waals surface area contributed by atoms with E-state index in [0.29, 0.717) is 23.0 Å². The van der Waals surface area contributed by atoms with E-state index in [1.165, 1.54) is 0 Å². The molecule has 0 saturated carbocycles. The molecule has 0 heterocycles. The number of benzene rings is 2. The normalized spacial score (nSPS) is 9.79. The van der Waals surface area contributed by atoms with E-state index in [0.717, 1.165) is 0 Å². The molecule has 0 aliphatic carbocycles. The van der Waals surface area contributed by atoms with Crippen LogP contribution in [-0.4, -0.2) is 21.0 Å². The van der Waals surface area contributed by atoms with Gasteiger partial charge in [-0.15, -0.1) is 0 Å². The maximum absolute atomic E-state index is 5.53. The van der Waals surface area contributed by atoms with Gasteiger partial charge < -0.3 is 18.9 Å². The summed E-state index contributed by atoms with van der Waals surface area (Å²) >= 11 is 0. The minimum absolute atomic E-state index is 0.0841. The summed E-state index contributed by atoms with van der Waals surface area (Å²) in [4.78, 5) is 0. The van der Waals surface area contributed by atoms with Gasteiger partial charge >= 0.3 is 0 Å². The lowest BCUT2D eigenvalue weighted by atomic mass is 10.3. The highest BCUT2D eigenvalue weighted by Crippen LogP contribution is 2.28. The molecular formula is C15H16O4. The second kappa shape index (κ2) is 6.54. The quantitative estimate of drug-likeness (QED) is 0.748. The first-order valence-corrected chi connectivity index (χ1v) is 5.87. The van der Waals surface area contributed by atoms with Crippen LogP contribution >= 0.6 is 0 Å². The van der Waals surface area contributed by atoms with E-state index in [4.69, 9.17) is 18.9 Å². The highest BCUT2D eigenvalue weighted by atomic mass is 16.7. The number of ether oxygens (including phenoxy) is 4. The van der Waals surface area contributed by atoms with E-state index in [9.17, 15) is 0 Å². The molecule has 0 spiro atoms. The Hall–Kier alpha value is -2.36. The van der Waals surface area contributed by atoms with Gasteiger partial charge in [-0.1, -0.05) is 24.3 Å². The van der Waals surface area contributed by atoms with Gasteiger partial charge in [0, 0.05) is 0 Å². The predicted octanol–water partition coefficient (Wildman–Crippen LogP) is 3.12. The molecule has 2 rings (SSSR count). The van der Waals surface area contributed by atoms with Gasteiger partial charge in [0.2, 0.25) is 6.79 Å². The van der Waals surface area contributed by atoms with Gasteiger partial charge in [-0.25, -0.2) is 0 Å². The Morgan fingerprint density at radius 1 is 0.632 bits per heavy atom. The largest absolute Gasteiger partial charge is 0.493 e. The standard InChI is InChI=1S/C15H16O4/c1-16-12-7-3-5-9-14(12)18-11-19-15-10-6-4-8-13(15)17-2/h3-10H,11H2,1-2H3. The first-order valence-electron chi connectivity index (χ1n) is 5.87. The van der Waals surface area contributed by atoms with Crippen LogP contribution in [0.15, 0.2) is 48.5 Å². The zero-order valence-electron chi connectivity index (χ0n) is 11.0. The summed E-state index contributed by atoms with van der Waals surface area (Å²) in [6.07, 6.45) is 0. The van der Waals surface area contributed by atoms with Crippen LogP contribution in [0.4, 0.5) is 0 Å². The Bertz CT molecular complexity index is 478. The van der Waals surface area contributed by atoms with E-state index in [1.54, 1.807) is 14.2 Å². The summed E-state index contributed by atoms with van der Waals surface area (Å²) in [5.41, 5.74) is 0. The zero-order valence-corrected chi connectivity index (χ0v) is 11.0. The van der Waals surface area contributed by atoms with Crippen molar-refractivity contribution >= 4 is 0 Å². The van der Waals surface area contributed by atoms with Crippen LogP contribution in [0.3, 0.4) is 0 Å². The van der Waals surface area contributed by atoms with Crippen LogP contribution in [0, 0.1) is 0 Å². The minimum atomic E-state index is 0.0841. The number of hydrogen-bond acceptors (Lipinski definition) is 4. The average Bonchev–Trinajstić information content (AvgIpc) is 2.48. The van der Waals surface area contributed by atoms with Gasteiger partial charge in [0.05, 0.1) is 14.2 Å². The summed E-state index contributed by atoms with van der Waals surface area (Å²) in [7, 11) is 3.20. The predicted molar refractivity (Wildman–Crippen MR) is 72.1 cm³/mol. The first-order chi connectivity index (χ1) is 9.35. The van der Waals surface area contributed by atoms with Crippen LogP contribution in [-0.2, 0) is 0 Å². The Morgan fingerprint density at radius 3 is 1.37 bits per heavy atom. The third kappa shape index (κ3) is 3.31. The van der Waals surface area contributed by atoms with Crippen LogP contribution in [0.1, 0.15) is 0 Å². The van der Waals surface area contributed by atoms with Crippen LogP contribution in [0.2, 0.25) is 0 Å². The molecule has 0 saturated heterocycles. The van der Waals surface area contributed by atoms with Crippen molar-refractivity contribution in [3.8, 4) is 23.0 Å². The smallest absolute Gasteiger partial charge is 0.231 e. The van der Waals surface area contributed by atoms with Crippen molar-refractivity contribution in [1.82, 2.24) is 0 Å². The van der Waals surface area contributed by atoms with E-state index in [1.807, 2.05) is 48.5 Å². The summed E-state index contributed by atoms with van der Waals surface area (Å²) < 4.78 is 21.4. The van der Waals surface area contributed by atoms with Gasteiger partial charge in [0.25, 0.3) is 0 Å². The molecule has 0 bridgehead atoms. The minimum Gasteiger partial charge on any atom is -0.493 e. The fourth-order valence-corrected chi connectivity index (χ4v) is 1.63. The molecular weight excluding hydrogens is 244 g/mol. The van der Waals surface area contributed by atoms with Crippen molar-refractivity contribution in [3.63, 3.8) is 0 Å². The van der Waals surface area contributed by atoms with Crippen molar-refractivity contribution < 1.29 is 18.9 Å². The molecule has 0 aliphatic rings. The van der Waals surface area contributed by atoms with Gasteiger partial charge in [-0.2, -0.15) is 0 Å². The van der Waals surface area contributed by atoms with Crippen molar-refractivity contribution in [2.45, 2.75) is 0 Å². The summed E-state index contributed by atoms with van der Waals surface area (Å²) in [6, 6.07) is 14.8. The van der Waals surface area contributed by atoms with E-state index < -0.39 is 0 Å². The van der Waals surface area contributed by atoms with Crippen molar-refractivity contribution in [2.75, 3.05) is 21.0 Å².